The second-order valence-corrected chi connectivity index (χ2v) is 5.63. The second kappa shape index (κ2) is 11.7. The van der Waals surface area contributed by atoms with Crippen molar-refractivity contribution in [3.63, 3.8) is 0 Å². The summed E-state index contributed by atoms with van der Waals surface area (Å²) < 4.78 is 0. The van der Waals surface area contributed by atoms with Crippen molar-refractivity contribution in [2.45, 2.75) is 77.6 Å². The molecular formula is C19H29O. The van der Waals surface area contributed by atoms with Crippen LogP contribution in [0, 0.1) is 6.07 Å². The van der Waals surface area contributed by atoms with Crippen molar-refractivity contribution < 1.29 is 4.79 Å². The minimum absolute atomic E-state index is 0.241. The van der Waals surface area contributed by atoms with Gasteiger partial charge < -0.3 is 0 Å². The van der Waals surface area contributed by atoms with Crippen molar-refractivity contribution in [1.29, 1.82) is 0 Å². The van der Waals surface area contributed by atoms with E-state index in [1.165, 1.54) is 57.8 Å². The fourth-order valence-corrected chi connectivity index (χ4v) is 2.47. The minimum atomic E-state index is 0.241. The van der Waals surface area contributed by atoms with E-state index < -0.39 is 0 Å². The van der Waals surface area contributed by atoms with Crippen molar-refractivity contribution >= 4 is 5.78 Å². The monoisotopic (exact) mass is 273 g/mol. The highest BCUT2D eigenvalue weighted by Gasteiger charge is 2.04. The molecule has 0 aliphatic rings. The fourth-order valence-electron chi connectivity index (χ4n) is 2.47. The maximum absolute atomic E-state index is 11.8. The van der Waals surface area contributed by atoms with E-state index in [2.05, 4.69) is 13.0 Å². The Morgan fingerprint density at radius 1 is 0.900 bits per heavy atom. The molecule has 1 aromatic rings. The molecule has 1 aromatic carbocycles. The lowest BCUT2D eigenvalue weighted by molar-refractivity contribution is 0.0979. The van der Waals surface area contributed by atoms with Gasteiger partial charge in [0, 0.05) is 12.0 Å². The molecule has 0 spiro atoms. The molecule has 0 saturated carbocycles. The van der Waals surface area contributed by atoms with Crippen molar-refractivity contribution in [3.8, 4) is 0 Å². The zero-order chi connectivity index (χ0) is 14.5. The number of carbonyl (C=O) groups excluding carboxylic acids is 1. The molecule has 0 aromatic heterocycles. The summed E-state index contributed by atoms with van der Waals surface area (Å²) in [6.45, 7) is 2.26. The first-order valence-corrected chi connectivity index (χ1v) is 8.34. The van der Waals surface area contributed by atoms with Crippen LogP contribution in [0.4, 0.5) is 0 Å². The van der Waals surface area contributed by atoms with Crippen LogP contribution in [0.25, 0.3) is 0 Å². The van der Waals surface area contributed by atoms with Gasteiger partial charge in [0.25, 0.3) is 0 Å². The van der Waals surface area contributed by atoms with E-state index in [1.54, 1.807) is 0 Å². The Hall–Kier alpha value is -1.11. The van der Waals surface area contributed by atoms with Crippen molar-refractivity contribution in [2.75, 3.05) is 0 Å². The number of rotatable bonds is 12. The SMILES string of the molecule is CCCCCCCCCCCCC(=O)c1[c]cccc1. The Balaban J connectivity index is 1.91. The van der Waals surface area contributed by atoms with Crippen LogP contribution in [-0.4, -0.2) is 5.78 Å². The van der Waals surface area contributed by atoms with E-state index in [9.17, 15) is 4.79 Å². The molecular weight excluding hydrogens is 244 g/mol. The number of unbranched alkanes of at least 4 members (excludes halogenated alkanes) is 9. The molecule has 0 fully saturated rings. The lowest BCUT2D eigenvalue weighted by atomic mass is 10.0. The van der Waals surface area contributed by atoms with Gasteiger partial charge in [0.1, 0.15) is 0 Å². The normalized spacial score (nSPS) is 10.7. The number of benzene rings is 1. The summed E-state index contributed by atoms with van der Waals surface area (Å²) in [7, 11) is 0. The topological polar surface area (TPSA) is 17.1 Å². The minimum Gasteiger partial charge on any atom is -0.294 e. The highest BCUT2D eigenvalue weighted by molar-refractivity contribution is 5.95. The molecule has 20 heavy (non-hydrogen) atoms. The van der Waals surface area contributed by atoms with E-state index in [1.807, 2.05) is 24.3 Å². The molecule has 0 unspecified atom stereocenters. The zero-order valence-electron chi connectivity index (χ0n) is 13.0. The molecule has 0 saturated heterocycles. The first kappa shape index (κ1) is 16.9. The number of hydrogen-bond acceptors (Lipinski definition) is 1. The van der Waals surface area contributed by atoms with E-state index in [0.717, 1.165) is 12.0 Å². The summed E-state index contributed by atoms with van der Waals surface area (Å²) in [6, 6.07) is 10.5. The molecule has 0 heterocycles. The third kappa shape index (κ3) is 8.14. The maximum Gasteiger partial charge on any atom is 0.163 e. The molecule has 0 bridgehead atoms. The van der Waals surface area contributed by atoms with Gasteiger partial charge in [-0.05, 0) is 12.5 Å². The average Bonchev–Trinajstić information content (AvgIpc) is 2.50. The van der Waals surface area contributed by atoms with Crippen LogP contribution in [0.15, 0.2) is 24.3 Å². The summed E-state index contributed by atoms with van der Waals surface area (Å²) in [4.78, 5) is 11.8. The molecule has 111 valence electrons. The van der Waals surface area contributed by atoms with Crippen molar-refractivity contribution in [1.82, 2.24) is 0 Å². The van der Waals surface area contributed by atoms with Crippen LogP contribution in [0.3, 0.4) is 0 Å². The molecule has 1 rings (SSSR count). The van der Waals surface area contributed by atoms with E-state index in [4.69, 9.17) is 0 Å². The summed E-state index contributed by atoms with van der Waals surface area (Å²) in [5.74, 6) is 0.241. The van der Waals surface area contributed by atoms with Crippen LogP contribution in [0.5, 0.6) is 0 Å². The van der Waals surface area contributed by atoms with Crippen LogP contribution >= 0.6 is 0 Å². The fraction of sp³-hybridized carbons (Fsp3) is 0.632. The average molecular weight is 273 g/mol. The van der Waals surface area contributed by atoms with Gasteiger partial charge in [-0.25, -0.2) is 0 Å². The summed E-state index contributed by atoms with van der Waals surface area (Å²) in [5.41, 5.74) is 0.739. The summed E-state index contributed by atoms with van der Waals surface area (Å²) in [5, 5.41) is 0. The van der Waals surface area contributed by atoms with Crippen LogP contribution in [0.1, 0.15) is 87.9 Å². The number of Topliss-reactive ketones (excluding diaryl/α,β-unsaturated/α-hetero) is 1. The Morgan fingerprint density at radius 2 is 1.50 bits per heavy atom. The zero-order valence-corrected chi connectivity index (χ0v) is 13.0. The number of ketones is 1. The van der Waals surface area contributed by atoms with Crippen LogP contribution in [0.2, 0.25) is 0 Å². The molecule has 0 amide bonds. The van der Waals surface area contributed by atoms with Gasteiger partial charge in [0.05, 0.1) is 0 Å². The lowest BCUT2D eigenvalue weighted by Gasteiger charge is -2.02. The highest BCUT2D eigenvalue weighted by Crippen LogP contribution is 2.12. The third-order valence-corrected chi connectivity index (χ3v) is 3.77. The predicted octanol–water partition coefficient (Wildman–Crippen LogP) is 5.98. The molecule has 1 nitrogen and oxygen atoms in total. The largest absolute Gasteiger partial charge is 0.294 e. The lowest BCUT2D eigenvalue weighted by Crippen LogP contribution is -1.98. The van der Waals surface area contributed by atoms with Crippen molar-refractivity contribution in [3.05, 3.63) is 35.9 Å². The molecule has 1 radical (unpaired) electrons. The van der Waals surface area contributed by atoms with Crippen LogP contribution < -0.4 is 0 Å². The predicted molar refractivity (Wildman–Crippen MR) is 86.1 cm³/mol. The van der Waals surface area contributed by atoms with Crippen molar-refractivity contribution in [2.24, 2.45) is 0 Å². The highest BCUT2D eigenvalue weighted by atomic mass is 16.1. The van der Waals surface area contributed by atoms with E-state index in [-0.39, 0.29) is 5.78 Å². The van der Waals surface area contributed by atoms with Gasteiger partial charge in [0.2, 0.25) is 0 Å². The summed E-state index contributed by atoms with van der Waals surface area (Å²) in [6.07, 6.45) is 13.8. The van der Waals surface area contributed by atoms with Gasteiger partial charge >= 0.3 is 0 Å². The Labute approximate surface area is 124 Å². The first-order valence-electron chi connectivity index (χ1n) is 8.34. The van der Waals surface area contributed by atoms with E-state index in [0.29, 0.717) is 6.42 Å². The molecule has 0 aliphatic heterocycles. The Morgan fingerprint density at radius 3 is 2.05 bits per heavy atom. The van der Waals surface area contributed by atoms with Gasteiger partial charge in [-0.2, -0.15) is 0 Å². The standard InChI is InChI=1S/C19H29O/c1-2-3-4-5-6-7-8-9-10-14-17-19(20)18-15-12-11-13-16-18/h11-13,15H,2-10,14,17H2,1H3. The van der Waals surface area contributed by atoms with Gasteiger partial charge in [0.15, 0.2) is 5.78 Å². The quantitative estimate of drug-likeness (QED) is 0.338. The van der Waals surface area contributed by atoms with Gasteiger partial charge in [-0.1, -0.05) is 89.0 Å². The molecule has 0 N–H and O–H groups in total. The number of carbonyl (C=O) groups is 1. The molecule has 1 heteroatoms. The Kier molecular flexibility index (Phi) is 9.91. The maximum atomic E-state index is 11.8. The third-order valence-electron chi connectivity index (χ3n) is 3.77. The number of hydrogen-bond donors (Lipinski definition) is 0. The smallest absolute Gasteiger partial charge is 0.163 e. The first-order chi connectivity index (χ1) is 9.84. The second-order valence-electron chi connectivity index (χ2n) is 5.63. The van der Waals surface area contributed by atoms with E-state index >= 15 is 0 Å². The van der Waals surface area contributed by atoms with Crippen LogP contribution in [-0.2, 0) is 0 Å². The summed E-state index contributed by atoms with van der Waals surface area (Å²) >= 11 is 0. The van der Waals surface area contributed by atoms with Gasteiger partial charge in [-0.15, -0.1) is 0 Å². The van der Waals surface area contributed by atoms with Gasteiger partial charge in [-0.3, -0.25) is 4.79 Å². The molecule has 0 atom stereocenters. The molecule has 0 aliphatic carbocycles. The Bertz CT molecular complexity index is 342.